The van der Waals surface area contributed by atoms with Gasteiger partial charge in [-0.3, -0.25) is 4.79 Å². The number of carbonyl (C=O) groups excluding carboxylic acids is 1. The predicted molar refractivity (Wildman–Crippen MR) is 84.6 cm³/mol. The normalized spacial score (nSPS) is 19.6. The zero-order valence-corrected chi connectivity index (χ0v) is 14.9. The van der Waals surface area contributed by atoms with Gasteiger partial charge in [-0.15, -0.1) is 0 Å². The van der Waals surface area contributed by atoms with Crippen LogP contribution in [0.3, 0.4) is 0 Å². The van der Waals surface area contributed by atoms with Crippen LogP contribution in [0.5, 0.6) is 0 Å². The van der Waals surface area contributed by atoms with Gasteiger partial charge in [-0.25, -0.2) is 8.42 Å². The van der Waals surface area contributed by atoms with Crippen LogP contribution in [-0.4, -0.2) is 38.4 Å². The molecule has 0 amide bonds. The van der Waals surface area contributed by atoms with E-state index >= 15 is 0 Å². The largest absolute Gasteiger partial charge is 0.466 e. The molecule has 10 heteroatoms. The summed E-state index contributed by atoms with van der Waals surface area (Å²) in [5, 5.41) is -0.506. The molecule has 1 aromatic rings. The average molecular weight is 400 g/mol. The number of hydrogen-bond acceptors (Lipinski definition) is 4. The molecule has 0 saturated carbocycles. The lowest BCUT2D eigenvalue weighted by molar-refractivity contribution is -0.149. The van der Waals surface area contributed by atoms with Gasteiger partial charge in [0.1, 0.15) is 4.90 Å². The van der Waals surface area contributed by atoms with Crippen molar-refractivity contribution in [3.8, 4) is 0 Å². The number of nitrogens with zero attached hydrogens (tertiary/aromatic N) is 1. The van der Waals surface area contributed by atoms with Gasteiger partial charge in [-0.1, -0.05) is 11.6 Å². The highest BCUT2D eigenvalue weighted by Gasteiger charge is 2.36. The van der Waals surface area contributed by atoms with Gasteiger partial charge < -0.3 is 4.74 Å². The number of rotatable bonds is 4. The Labute approximate surface area is 148 Å². The highest BCUT2D eigenvalue weighted by molar-refractivity contribution is 7.89. The van der Waals surface area contributed by atoms with Crippen LogP contribution in [-0.2, 0) is 25.7 Å². The summed E-state index contributed by atoms with van der Waals surface area (Å²) in [6.45, 7) is 1.91. The van der Waals surface area contributed by atoms with E-state index in [0.717, 1.165) is 10.4 Å². The number of benzene rings is 1. The van der Waals surface area contributed by atoms with Gasteiger partial charge in [-0.05, 0) is 38.0 Å². The van der Waals surface area contributed by atoms with Crippen LogP contribution in [0.1, 0.15) is 25.3 Å². The fourth-order valence-electron chi connectivity index (χ4n) is 2.64. The summed E-state index contributed by atoms with van der Waals surface area (Å²) >= 11 is 5.79. The van der Waals surface area contributed by atoms with Crippen LogP contribution in [0.4, 0.5) is 13.2 Å². The summed E-state index contributed by atoms with van der Waals surface area (Å²) in [6, 6.07) is 2.10. The summed E-state index contributed by atoms with van der Waals surface area (Å²) < 4.78 is 69.5. The Balaban J connectivity index is 2.28. The molecule has 1 aromatic carbocycles. The van der Waals surface area contributed by atoms with Crippen LogP contribution in [0.15, 0.2) is 23.1 Å². The molecule has 0 aliphatic carbocycles. The van der Waals surface area contributed by atoms with Crippen LogP contribution in [0.25, 0.3) is 0 Å². The summed E-state index contributed by atoms with van der Waals surface area (Å²) in [7, 11) is -4.11. The standard InChI is InChI=1S/C15H17ClF3NO4S/c1-2-24-14(21)10-4-3-7-20(9-10)25(22,23)13-6-5-11(8-12(13)16)15(17,18)19/h5-6,8,10H,2-4,7,9H2,1H3/t10-/m1/s1. The Morgan fingerprint density at radius 3 is 2.64 bits per heavy atom. The Morgan fingerprint density at radius 1 is 1.40 bits per heavy atom. The summed E-state index contributed by atoms with van der Waals surface area (Å²) in [6.07, 6.45) is -3.68. The number of esters is 1. The first kappa shape index (κ1) is 20.0. The maximum Gasteiger partial charge on any atom is 0.416 e. The van der Waals surface area contributed by atoms with Crippen molar-refractivity contribution in [2.75, 3.05) is 19.7 Å². The molecular formula is C15H17ClF3NO4S. The minimum atomic E-state index is -4.62. The summed E-state index contributed by atoms with van der Waals surface area (Å²) in [5.41, 5.74) is -1.03. The van der Waals surface area contributed by atoms with E-state index < -0.39 is 43.6 Å². The van der Waals surface area contributed by atoms with E-state index in [2.05, 4.69) is 0 Å². The van der Waals surface area contributed by atoms with Gasteiger partial charge in [0.15, 0.2) is 0 Å². The zero-order valence-electron chi connectivity index (χ0n) is 13.3. The van der Waals surface area contributed by atoms with E-state index in [1.165, 1.54) is 0 Å². The molecule has 1 aliphatic heterocycles. The second-order valence-corrected chi connectivity index (χ2v) is 7.91. The van der Waals surface area contributed by atoms with Crippen LogP contribution in [0.2, 0.25) is 5.02 Å². The topological polar surface area (TPSA) is 63.7 Å². The van der Waals surface area contributed by atoms with Crippen molar-refractivity contribution in [2.24, 2.45) is 5.92 Å². The van der Waals surface area contributed by atoms with E-state index in [1.807, 2.05) is 0 Å². The van der Waals surface area contributed by atoms with E-state index in [0.29, 0.717) is 25.0 Å². The third-order valence-electron chi connectivity index (χ3n) is 3.88. The Morgan fingerprint density at radius 2 is 2.08 bits per heavy atom. The lowest BCUT2D eigenvalue weighted by Crippen LogP contribution is -2.42. The van der Waals surface area contributed by atoms with Crippen molar-refractivity contribution in [3.63, 3.8) is 0 Å². The second-order valence-electron chi connectivity index (χ2n) is 5.60. The van der Waals surface area contributed by atoms with Crippen LogP contribution < -0.4 is 0 Å². The first-order valence-corrected chi connectivity index (χ1v) is 9.42. The van der Waals surface area contributed by atoms with Crippen LogP contribution in [0, 0.1) is 5.92 Å². The highest BCUT2D eigenvalue weighted by atomic mass is 35.5. The van der Waals surface area contributed by atoms with E-state index in [9.17, 15) is 26.4 Å². The molecule has 0 unspecified atom stereocenters. The second kappa shape index (κ2) is 7.51. The first-order valence-electron chi connectivity index (χ1n) is 7.61. The van der Waals surface area contributed by atoms with Crippen molar-refractivity contribution >= 4 is 27.6 Å². The lowest BCUT2D eigenvalue weighted by Gasteiger charge is -2.31. The molecule has 1 aliphatic rings. The van der Waals surface area contributed by atoms with Crippen molar-refractivity contribution in [3.05, 3.63) is 28.8 Å². The Kier molecular flexibility index (Phi) is 6.01. The van der Waals surface area contributed by atoms with E-state index in [-0.39, 0.29) is 19.7 Å². The zero-order chi connectivity index (χ0) is 18.8. The molecule has 25 heavy (non-hydrogen) atoms. The van der Waals surface area contributed by atoms with Gasteiger partial charge in [-0.2, -0.15) is 17.5 Å². The highest BCUT2D eigenvalue weighted by Crippen LogP contribution is 2.35. The number of carbonyl (C=O) groups is 1. The predicted octanol–water partition coefficient (Wildman–Crippen LogP) is 3.32. The van der Waals surface area contributed by atoms with E-state index in [1.54, 1.807) is 6.92 Å². The molecule has 0 N–H and O–H groups in total. The molecule has 0 bridgehead atoms. The Hall–Kier alpha value is -1.32. The van der Waals surface area contributed by atoms with Gasteiger partial charge >= 0.3 is 12.1 Å². The summed E-state index contributed by atoms with van der Waals surface area (Å²) in [5.74, 6) is -1.09. The molecule has 1 fully saturated rings. The van der Waals surface area contributed by atoms with Crippen molar-refractivity contribution in [2.45, 2.75) is 30.8 Å². The fraction of sp³-hybridized carbons (Fsp3) is 0.533. The molecule has 2 rings (SSSR count). The molecule has 0 aromatic heterocycles. The summed E-state index contributed by atoms with van der Waals surface area (Å²) in [4.78, 5) is 11.4. The SMILES string of the molecule is CCOC(=O)[C@@H]1CCCN(S(=O)(=O)c2ccc(C(F)(F)F)cc2Cl)C1. The average Bonchev–Trinajstić information content (AvgIpc) is 2.54. The third-order valence-corrected chi connectivity index (χ3v) is 6.23. The number of alkyl halides is 3. The lowest BCUT2D eigenvalue weighted by atomic mass is 10.0. The number of hydrogen-bond donors (Lipinski definition) is 0. The molecule has 140 valence electrons. The van der Waals surface area contributed by atoms with Gasteiger partial charge in [0.05, 0.1) is 23.1 Å². The van der Waals surface area contributed by atoms with Crippen LogP contribution >= 0.6 is 11.6 Å². The Bertz CT molecular complexity index is 752. The molecule has 5 nitrogen and oxygen atoms in total. The number of sulfonamides is 1. The third kappa shape index (κ3) is 4.45. The fourth-order valence-corrected chi connectivity index (χ4v) is 4.68. The van der Waals surface area contributed by atoms with E-state index in [4.69, 9.17) is 16.3 Å². The molecule has 1 atom stereocenters. The minimum Gasteiger partial charge on any atom is -0.466 e. The van der Waals surface area contributed by atoms with Gasteiger partial charge in [0.2, 0.25) is 10.0 Å². The van der Waals surface area contributed by atoms with Crippen molar-refractivity contribution in [1.29, 1.82) is 0 Å². The minimum absolute atomic E-state index is 0.0848. The molecule has 1 heterocycles. The monoisotopic (exact) mass is 399 g/mol. The van der Waals surface area contributed by atoms with Crippen molar-refractivity contribution < 1.29 is 31.1 Å². The smallest absolute Gasteiger partial charge is 0.416 e. The van der Waals surface area contributed by atoms with Gasteiger partial charge in [0, 0.05) is 13.1 Å². The molecule has 0 spiro atoms. The van der Waals surface area contributed by atoms with Crippen molar-refractivity contribution in [1.82, 2.24) is 4.31 Å². The molecule has 1 saturated heterocycles. The van der Waals surface area contributed by atoms with Gasteiger partial charge in [0.25, 0.3) is 0 Å². The maximum absolute atomic E-state index is 12.7. The first-order chi connectivity index (χ1) is 11.6. The quantitative estimate of drug-likeness (QED) is 0.728. The maximum atomic E-state index is 12.7. The number of piperidine rings is 1. The number of ether oxygens (including phenoxy) is 1. The molecule has 0 radical (unpaired) electrons. The molecular weight excluding hydrogens is 383 g/mol. The number of halogens is 4.